The minimum Gasteiger partial charge on any atom is -0.479 e. The molecule has 1 heterocycles. The number of anilines is 1. The Hall–Kier alpha value is -1.78. The van der Waals surface area contributed by atoms with Crippen LogP contribution in [0.25, 0.3) is 0 Å². The summed E-state index contributed by atoms with van der Waals surface area (Å²) in [7, 11) is 0. The number of hydrogen-bond donors (Lipinski definition) is 2. The average Bonchev–Trinajstić information content (AvgIpc) is 2.03. The smallest absolute Gasteiger partial charge is 0.341 e. The van der Waals surface area contributed by atoms with Gasteiger partial charge in [0.15, 0.2) is 6.61 Å². The molecule has 3 N–H and O–H groups in total. The molecule has 0 atom stereocenters. The summed E-state index contributed by atoms with van der Waals surface area (Å²) in [5, 5.41) is 8.27. The molecule has 0 saturated heterocycles. The third-order valence-electron chi connectivity index (χ3n) is 1.13. The Balaban J connectivity index is 2.63. The van der Waals surface area contributed by atoms with Gasteiger partial charge in [0, 0.05) is 6.20 Å². The van der Waals surface area contributed by atoms with E-state index in [9.17, 15) is 4.79 Å². The van der Waals surface area contributed by atoms with Crippen LogP contribution in [-0.4, -0.2) is 22.7 Å². The van der Waals surface area contributed by atoms with Gasteiger partial charge in [-0.15, -0.1) is 0 Å². The first-order chi connectivity index (χ1) is 5.70. The number of carbonyl (C=O) groups is 1. The van der Waals surface area contributed by atoms with Crippen molar-refractivity contribution < 1.29 is 14.6 Å². The topological polar surface area (TPSA) is 85.4 Å². The Labute approximate surface area is 68.8 Å². The van der Waals surface area contributed by atoms with Crippen molar-refractivity contribution in [2.75, 3.05) is 12.3 Å². The number of rotatable bonds is 3. The highest BCUT2D eigenvalue weighted by molar-refractivity contribution is 5.68. The van der Waals surface area contributed by atoms with Crippen molar-refractivity contribution in [1.82, 2.24) is 4.98 Å². The van der Waals surface area contributed by atoms with Crippen LogP contribution in [0.15, 0.2) is 18.3 Å². The van der Waals surface area contributed by atoms with Crippen LogP contribution in [0.5, 0.6) is 5.88 Å². The number of ether oxygens (including phenoxy) is 1. The highest BCUT2D eigenvalue weighted by Gasteiger charge is 2.02. The van der Waals surface area contributed by atoms with E-state index in [-0.39, 0.29) is 5.88 Å². The van der Waals surface area contributed by atoms with Gasteiger partial charge >= 0.3 is 5.97 Å². The predicted molar refractivity (Wildman–Crippen MR) is 41.8 cm³/mol. The number of carboxylic acids is 1. The van der Waals surface area contributed by atoms with Crippen molar-refractivity contribution in [3.8, 4) is 5.88 Å². The molecule has 5 heteroatoms. The van der Waals surface area contributed by atoms with Gasteiger partial charge in [-0.1, -0.05) is 0 Å². The molecule has 12 heavy (non-hydrogen) atoms. The molecule has 0 aromatic carbocycles. The standard InChI is InChI=1S/C7H8N2O3/c8-5-2-1-3-9-7(5)12-4-6(10)11/h1-3H,4,8H2,(H,10,11). The third kappa shape index (κ3) is 2.12. The molecule has 0 amide bonds. The Kier molecular flexibility index (Phi) is 2.47. The Morgan fingerprint density at radius 2 is 2.50 bits per heavy atom. The lowest BCUT2D eigenvalue weighted by atomic mass is 10.4. The van der Waals surface area contributed by atoms with E-state index in [0.717, 1.165) is 0 Å². The normalized spacial score (nSPS) is 9.33. The van der Waals surface area contributed by atoms with Gasteiger partial charge in [0.05, 0.1) is 5.69 Å². The van der Waals surface area contributed by atoms with Crippen molar-refractivity contribution >= 4 is 11.7 Å². The lowest BCUT2D eigenvalue weighted by Gasteiger charge is -2.03. The number of hydrogen-bond acceptors (Lipinski definition) is 4. The van der Waals surface area contributed by atoms with E-state index < -0.39 is 12.6 Å². The maximum Gasteiger partial charge on any atom is 0.341 e. The summed E-state index contributed by atoms with van der Waals surface area (Å²) in [6.07, 6.45) is 1.48. The Morgan fingerprint density at radius 1 is 1.75 bits per heavy atom. The Bertz CT molecular complexity index is 288. The maximum atomic E-state index is 10.1. The number of nitrogens with zero attached hydrogens (tertiary/aromatic N) is 1. The van der Waals surface area contributed by atoms with Crippen molar-refractivity contribution in [2.45, 2.75) is 0 Å². The second-order valence-corrected chi connectivity index (χ2v) is 2.08. The minimum absolute atomic E-state index is 0.153. The summed E-state index contributed by atoms with van der Waals surface area (Å²) in [5.74, 6) is -0.903. The first-order valence-electron chi connectivity index (χ1n) is 3.25. The van der Waals surface area contributed by atoms with Gasteiger partial charge in [-0.2, -0.15) is 0 Å². The first kappa shape index (κ1) is 8.32. The van der Waals surface area contributed by atoms with Gasteiger partial charge in [0.1, 0.15) is 0 Å². The van der Waals surface area contributed by atoms with Crippen LogP contribution in [0.2, 0.25) is 0 Å². The summed E-state index contributed by atoms with van der Waals surface area (Å²) in [4.78, 5) is 13.8. The average molecular weight is 168 g/mol. The van der Waals surface area contributed by atoms with E-state index in [1.165, 1.54) is 6.20 Å². The van der Waals surface area contributed by atoms with Gasteiger partial charge in [0.25, 0.3) is 0 Å². The largest absolute Gasteiger partial charge is 0.479 e. The number of nitrogen functional groups attached to an aromatic ring is 1. The zero-order valence-corrected chi connectivity index (χ0v) is 6.23. The summed E-state index contributed by atoms with van der Waals surface area (Å²) in [6, 6.07) is 3.23. The van der Waals surface area contributed by atoms with Crippen LogP contribution in [-0.2, 0) is 4.79 Å². The van der Waals surface area contributed by atoms with Crippen molar-refractivity contribution in [2.24, 2.45) is 0 Å². The minimum atomic E-state index is -1.06. The van der Waals surface area contributed by atoms with Gasteiger partial charge in [-0.05, 0) is 12.1 Å². The zero-order valence-electron chi connectivity index (χ0n) is 6.23. The Morgan fingerprint density at radius 3 is 3.08 bits per heavy atom. The summed E-state index contributed by atoms with van der Waals surface area (Å²) >= 11 is 0. The fraction of sp³-hybridized carbons (Fsp3) is 0.143. The monoisotopic (exact) mass is 168 g/mol. The quantitative estimate of drug-likeness (QED) is 0.669. The maximum absolute atomic E-state index is 10.1. The molecule has 1 aromatic rings. The highest BCUT2D eigenvalue weighted by atomic mass is 16.5. The SMILES string of the molecule is Nc1cccnc1OCC(=O)O. The number of aliphatic carboxylic acids is 1. The number of nitrogens with two attached hydrogens (primary N) is 1. The molecule has 5 nitrogen and oxygen atoms in total. The molecule has 0 aliphatic carbocycles. The molecule has 0 saturated carbocycles. The van der Waals surface area contributed by atoms with Gasteiger partial charge in [0.2, 0.25) is 5.88 Å². The van der Waals surface area contributed by atoms with E-state index in [1.807, 2.05) is 0 Å². The highest BCUT2D eigenvalue weighted by Crippen LogP contribution is 2.15. The van der Waals surface area contributed by atoms with Crippen LogP contribution in [0, 0.1) is 0 Å². The predicted octanol–water partition coefficient (Wildman–Crippen LogP) is 0.127. The molecule has 0 spiro atoms. The second-order valence-electron chi connectivity index (χ2n) is 2.08. The molecule has 0 aliphatic rings. The fourth-order valence-corrected chi connectivity index (χ4v) is 0.654. The molecule has 1 rings (SSSR count). The zero-order chi connectivity index (χ0) is 8.97. The van der Waals surface area contributed by atoms with Crippen molar-refractivity contribution in [3.63, 3.8) is 0 Å². The van der Waals surface area contributed by atoms with Gasteiger partial charge in [-0.3, -0.25) is 0 Å². The van der Waals surface area contributed by atoms with E-state index in [2.05, 4.69) is 4.98 Å². The van der Waals surface area contributed by atoms with E-state index in [0.29, 0.717) is 5.69 Å². The fourth-order valence-electron chi connectivity index (χ4n) is 0.654. The van der Waals surface area contributed by atoms with E-state index in [4.69, 9.17) is 15.6 Å². The molecule has 64 valence electrons. The summed E-state index contributed by atoms with van der Waals surface area (Å²) in [6.45, 7) is -0.429. The van der Waals surface area contributed by atoms with Gasteiger partial charge in [-0.25, -0.2) is 9.78 Å². The van der Waals surface area contributed by atoms with E-state index >= 15 is 0 Å². The lowest BCUT2D eigenvalue weighted by Crippen LogP contribution is -2.11. The van der Waals surface area contributed by atoms with E-state index in [1.54, 1.807) is 12.1 Å². The molecular formula is C7H8N2O3. The second kappa shape index (κ2) is 3.56. The molecule has 0 fully saturated rings. The lowest BCUT2D eigenvalue weighted by molar-refractivity contribution is -0.139. The van der Waals surface area contributed by atoms with Crippen LogP contribution >= 0.6 is 0 Å². The molecule has 0 aliphatic heterocycles. The van der Waals surface area contributed by atoms with Crippen LogP contribution in [0.3, 0.4) is 0 Å². The molecule has 0 radical (unpaired) electrons. The molecule has 1 aromatic heterocycles. The van der Waals surface area contributed by atoms with Crippen LogP contribution in [0.1, 0.15) is 0 Å². The van der Waals surface area contributed by atoms with Crippen LogP contribution in [0.4, 0.5) is 5.69 Å². The van der Waals surface area contributed by atoms with Crippen molar-refractivity contribution in [1.29, 1.82) is 0 Å². The number of carboxylic acid groups (broad SMARTS) is 1. The van der Waals surface area contributed by atoms with Crippen molar-refractivity contribution in [3.05, 3.63) is 18.3 Å². The number of aromatic nitrogens is 1. The van der Waals surface area contributed by atoms with Crippen LogP contribution < -0.4 is 10.5 Å². The molecular weight excluding hydrogens is 160 g/mol. The summed E-state index contributed by atoms with van der Waals surface area (Å²) < 4.78 is 4.76. The number of pyridine rings is 1. The third-order valence-corrected chi connectivity index (χ3v) is 1.13. The first-order valence-corrected chi connectivity index (χ1v) is 3.25. The van der Waals surface area contributed by atoms with Gasteiger partial charge < -0.3 is 15.6 Å². The molecule has 0 bridgehead atoms. The molecule has 0 unspecified atom stereocenters. The summed E-state index contributed by atoms with van der Waals surface area (Å²) in [5.41, 5.74) is 5.76.